The van der Waals surface area contributed by atoms with Crippen LogP contribution in [0.4, 0.5) is 0 Å². The molecule has 1 aliphatic heterocycles. The van der Waals surface area contributed by atoms with Crippen molar-refractivity contribution in [2.75, 3.05) is 19.8 Å². The summed E-state index contributed by atoms with van der Waals surface area (Å²) in [6.07, 6.45) is 1.55. The van der Waals surface area contributed by atoms with Gasteiger partial charge in [0.15, 0.2) is 0 Å². The molecule has 0 aromatic heterocycles. The van der Waals surface area contributed by atoms with Gasteiger partial charge in [0.2, 0.25) is 11.8 Å². The van der Waals surface area contributed by atoms with E-state index in [0.29, 0.717) is 13.1 Å². The Kier molecular flexibility index (Phi) is 6.34. The Hall–Kier alpha value is -1.92. The van der Waals surface area contributed by atoms with Gasteiger partial charge >= 0.3 is 0 Å². The second kappa shape index (κ2) is 8.26. The van der Waals surface area contributed by atoms with Crippen LogP contribution in [0.1, 0.15) is 32.3 Å². The second-order valence-electron chi connectivity index (χ2n) is 6.33. The van der Waals surface area contributed by atoms with Crippen LogP contribution in [0.2, 0.25) is 0 Å². The minimum absolute atomic E-state index is 0.0152. The SMILES string of the molecule is CCC(N)(CC)CNC(=O)[C@H]1COCC(=O)N1Cc1ccccc1. The van der Waals surface area contributed by atoms with E-state index < -0.39 is 11.6 Å². The third kappa shape index (κ3) is 4.55. The zero-order valence-electron chi connectivity index (χ0n) is 14.5. The summed E-state index contributed by atoms with van der Waals surface area (Å²) in [6.45, 7) is 5.02. The Morgan fingerprint density at radius 2 is 2.00 bits per heavy atom. The number of hydrogen-bond donors (Lipinski definition) is 2. The molecule has 2 rings (SSSR count). The third-order valence-electron chi connectivity index (χ3n) is 4.72. The number of nitrogens with one attached hydrogen (secondary N) is 1. The van der Waals surface area contributed by atoms with Gasteiger partial charge in [-0.1, -0.05) is 44.2 Å². The first kappa shape index (κ1) is 18.4. The molecule has 6 heteroatoms. The van der Waals surface area contributed by atoms with Crippen LogP contribution in [-0.4, -0.2) is 48.1 Å². The summed E-state index contributed by atoms with van der Waals surface area (Å²) >= 11 is 0. The molecule has 6 nitrogen and oxygen atoms in total. The number of morpholine rings is 1. The van der Waals surface area contributed by atoms with E-state index in [1.54, 1.807) is 4.90 Å². The lowest BCUT2D eigenvalue weighted by molar-refractivity contribution is -0.155. The molecule has 3 N–H and O–H groups in total. The van der Waals surface area contributed by atoms with Gasteiger partial charge in [0.25, 0.3) is 0 Å². The van der Waals surface area contributed by atoms with Crippen molar-refractivity contribution in [2.24, 2.45) is 5.73 Å². The highest BCUT2D eigenvalue weighted by Crippen LogP contribution is 2.15. The van der Waals surface area contributed by atoms with Crippen LogP contribution in [0.3, 0.4) is 0 Å². The molecule has 1 aromatic rings. The van der Waals surface area contributed by atoms with E-state index in [9.17, 15) is 9.59 Å². The van der Waals surface area contributed by atoms with Crippen molar-refractivity contribution < 1.29 is 14.3 Å². The molecule has 1 aliphatic rings. The first-order valence-electron chi connectivity index (χ1n) is 8.47. The van der Waals surface area contributed by atoms with E-state index >= 15 is 0 Å². The van der Waals surface area contributed by atoms with Crippen molar-refractivity contribution in [1.29, 1.82) is 0 Å². The van der Waals surface area contributed by atoms with E-state index in [2.05, 4.69) is 5.32 Å². The molecule has 0 spiro atoms. The number of rotatable bonds is 7. The lowest BCUT2D eigenvalue weighted by Gasteiger charge is -2.35. The largest absolute Gasteiger partial charge is 0.369 e. The molecule has 132 valence electrons. The van der Waals surface area contributed by atoms with Crippen LogP contribution in [-0.2, 0) is 20.9 Å². The highest BCUT2D eigenvalue weighted by atomic mass is 16.5. The highest BCUT2D eigenvalue weighted by molar-refractivity contribution is 5.89. The average Bonchev–Trinajstić information content (AvgIpc) is 2.62. The number of carbonyl (C=O) groups excluding carboxylic acids is 2. The van der Waals surface area contributed by atoms with Crippen molar-refractivity contribution in [1.82, 2.24) is 10.2 Å². The van der Waals surface area contributed by atoms with Gasteiger partial charge in [-0.05, 0) is 18.4 Å². The Morgan fingerprint density at radius 1 is 1.33 bits per heavy atom. The molecule has 0 saturated carbocycles. The number of nitrogens with two attached hydrogens (primary N) is 1. The topological polar surface area (TPSA) is 84.7 Å². The molecule has 0 aliphatic carbocycles. The van der Waals surface area contributed by atoms with Crippen LogP contribution >= 0.6 is 0 Å². The summed E-state index contributed by atoms with van der Waals surface area (Å²) in [4.78, 5) is 26.4. The monoisotopic (exact) mass is 333 g/mol. The van der Waals surface area contributed by atoms with Gasteiger partial charge in [0.05, 0.1) is 6.61 Å². The van der Waals surface area contributed by atoms with Crippen LogP contribution in [0, 0.1) is 0 Å². The number of ether oxygens (including phenoxy) is 1. The predicted octanol–water partition coefficient (Wildman–Crippen LogP) is 1.05. The maximum Gasteiger partial charge on any atom is 0.249 e. The van der Waals surface area contributed by atoms with Gasteiger partial charge in [-0.15, -0.1) is 0 Å². The van der Waals surface area contributed by atoms with Crippen LogP contribution < -0.4 is 11.1 Å². The first-order valence-corrected chi connectivity index (χ1v) is 8.47. The number of hydrogen-bond acceptors (Lipinski definition) is 4. The Labute approximate surface area is 143 Å². The van der Waals surface area contributed by atoms with Crippen molar-refractivity contribution >= 4 is 11.8 Å². The van der Waals surface area contributed by atoms with E-state index in [-0.39, 0.29) is 25.0 Å². The zero-order chi connectivity index (χ0) is 17.6. The molecular weight excluding hydrogens is 306 g/mol. The predicted molar refractivity (Wildman–Crippen MR) is 92.1 cm³/mol. The zero-order valence-corrected chi connectivity index (χ0v) is 14.5. The Bertz CT molecular complexity index is 558. The fraction of sp³-hybridized carbons (Fsp3) is 0.556. The van der Waals surface area contributed by atoms with Crippen molar-refractivity contribution in [2.45, 2.75) is 44.8 Å². The molecule has 1 fully saturated rings. The molecule has 0 unspecified atom stereocenters. The number of nitrogens with zero attached hydrogens (tertiary/aromatic N) is 1. The van der Waals surface area contributed by atoms with E-state index in [4.69, 9.17) is 10.5 Å². The molecule has 2 amide bonds. The quantitative estimate of drug-likeness (QED) is 0.781. The molecule has 1 atom stereocenters. The van der Waals surface area contributed by atoms with E-state index in [1.807, 2.05) is 44.2 Å². The highest BCUT2D eigenvalue weighted by Gasteiger charge is 2.34. The van der Waals surface area contributed by atoms with E-state index in [0.717, 1.165) is 18.4 Å². The molecular formula is C18H27N3O3. The summed E-state index contributed by atoms with van der Waals surface area (Å²) in [6, 6.07) is 9.02. The van der Waals surface area contributed by atoms with Crippen LogP contribution in [0.15, 0.2) is 30.3 Å². The molecule has 24 heavy (non-hydrogen) atoms. The molecule has 1 heterocycles. The summed E-state index contributed by atoms with van der Waals surface area (Å²) in [7, 11) is 0. The normalized spacial score (nSPS) is 18.5. The fourth-order valence-corrected chi connectivity index (χ4v) is 2.68. The fourth-order valence-electron chi connectivity index (χ4n) is 2.68. The lowest BCUT2D eigenvalue weighted by Crippen LogP contribution is -2.58. The standard InChI is InChI=1S/C18H27N3O3/c1-3-18(19,4-2)13-20-17(23)15-11-24-12-16(22)21(15)10-14-8-6-5-7-9-14/h5-9,15H,3-4,10-13,19H2,1-2H3,(H,20,23)/t15-/m1/s1. The summed E-state index contributed by atoms with van der Waals surface area (Å²) in [5, 5.41) is 2.89. The van der Waals surface area contributed by atoms with Gasteiger partial charge in [0.1, 0.15) is 12.6 Å². The van der Waals surface area contributed by atoms with Gasteiger partial charge < -0.3 is 20.7 Å². The lowest BCUT2D eigenvalue weighted by atomic mass is 9.94. The van der Waals surface area contributed by atoms with Crippen molar-refractivity contribution in [3.63, 3.8) is 0 Å². The minimum Gasteiger partial charge on any atom is -0.369 e. The Morgan fingerprint density at radius 3 is 2.62 bits per heavy atom. The molecule has 0 bridgehead atoms. The maximum atomic E-state index is 12.6. The Balaban J connectivity index is 2.04. The summed E-state index contributed by atoms with van der Waals surface area (Å²) in [5.74, 6) is -0.383. The van der Waals surface area contributed by atoms with Crippen molar-refractivity contribution in [3.05, 3.63) is 35.9 Å². The third-order valence-corrected chi connectivity index (χ3v) is 4.72. The molecule has 1 aromatic carbocycles. The maximum absolute atomic E-state index is 12.6. The van der Waals surface area contributed by atoms with Crippen LogP contribution in [0.5, 0.6) is 0 Å². The average molecular weight is 333 g/mol. The molecule has 1 saturated heterocycles. The first-order chi connectivity index (χ1) is 11.5. The van der Waals surface area contributed by atoms with Gasteiger partial charge in [-0.2, -0.15) is 0 Å². The summed E-state index contributed by atoms with van der Waals surface area (Å²) in [5.41, 5.74) is 6.80. The summed E-state index contributed by atoms with van der Waals surface area (Å²) < 4.78 is 5.28. The number of benzene rings is 1. The van der Waals surface area contributed by atoms with Crippen molar-refractivity contribution in [3.8, 4) is 0 Å². The van der Waals surface area contributed by atoms with E-state index in [1.165, 1.54) is 0 Å². The smallest absolute Gasteiger partial charge is 0.249 e. The van der Waals surface area contributed by atoms with Gasteiger partial charge in [-0.3, -0.25) is 9.59 Å². The van der Waals surface area contributed by atoms with Gasteiger partial charge in [0, 0.05) is 18.6 Å². The number of carbonyl (C=O) groups is 2. The minimum atomic E-state index is -0.621. The molecule has 0 radical (unpaired) electrons. The van der Waals surface area contributed by atoms with Gasteiger partial charge in [-0.25, -0.2) is 0 Å². The van der Waals surface area contributed by atoms with Crippen LogP contribution in [0.25, 0.3) is 0 Å². The second-order valence-corrected chi connectivity index (χ2v) is 6.33. The number of amides is 2.